The Kier molecular flexibility index (Phi) is 3.39. The van der Waals surface area contributed by atoms with E-state index in [-0.39, 0.29) is 12.0 Å². The lowest BCUT2D eigenvalue weighted by molar-refractivity contribution is 0.539. The number of aromatic nitrogens is 2. The van der Waals surface area contributed by atoms with Crippen LogP contribution in [0.4, 0.5) is 8.78 Å². The first-order chi connectivity index (χ1) is 8.18. The average Bonchev–Trinajstić information content (AvgIpc) is 2.35. The molecule has 0 saturated heterocycles. The predicted octanol–water partition coefficient (Wildman–Crippen LogP) is 2.00. The first-order valence-electron chi connectivity index (χ1n) is 5.12. The summed E-state index contributed by atoms with van der Waals surface area (Å²) in [6.07, 6.45) is 4.53. The molecule has 1 aromatic heterocycles. The van der Waals surface area contributed by atoms with Gasteiger partial charge in [-0.05, 0) is 18.6 Å². The van der Waals surface area contributed by atoms with E-state index in [2.05, 4.69) is 9.97 Å². The van der Waals surface area contributed by atoms with Crippen molar-refractivity contribution in [1.29, 1.82) is 0 Å². The molecule has 88 valence electrons. The number of benzene rings is 1. The fourth-order valence-corrected chi connectivity index (χ4v) is 1.57. The van der Waals surface area contributed by atoms with E-state index in [0.717, 1.165) is 0 Å². The number of nitrogens with two attached hydrogens (primary N) is 1. The molecule has 0 radical (unpaired) electrons. The van der Waals surface area contributed by atoms with Crippen LogP contribution in [0.1, 0.15) is 17.2 Å². The second-order valence-electron chi connectivity index (χ2n) is 3.68. The van der Waals surface area contributed by atoms with Crippen LogP contribution < -0.4 is 5.73 Å². The van der Waals surface area contributed by atoms with Crippen molar-refractivity contribution in [2.75, 3.05) is 0 Å². The zero-order valence-corrected chi connectivity index (χ0v) is 8.98. The van der Waals surface area contributed by atoms with Crippen molar-refractivity contribution in [2.24, 2.45) is 5.73 Å². The standard InChI is InChI=1S/C12H11F2N3/c13-10-2-1-3-11(14)9(10)4-12(15)8-5-16-7-17-6-8/h1-3,5-7,12H,4,15H2. The Hall–Kier alpha value is -1.88. The highest BCUT2D eigenvalue weighted by molar-refractivity contribution is 5.23. The Balaban J connectivity index is 2.22. The molecule has 5 heteroatoms. The summed E-state index contributed by atoms with van der Waals surface area (Å²) >= 11 is 0. The minimum Gasteiger partial charge on any atom is -0.324 e. The Labute approximate surface area is 97.3 Å². The zero-order chi connectivity index (χ0) is 12.3. The Morgan fingerprint density at radius 2 is 1.71 bits per heavy atom. The second-order valence-corrected chi connectivity index (χ2v) is 3.68. The molecule has 2 aromatic rings. The Morgan fingerprint density at radius 1 is 1.12 bits per heavy atom. The molecule has 1 heterocycles. The van der Waals surface area contributed by atoms with Gasteiger partial charge < -0.3 is 5.73 Å². The number of halogens is 2. The van der Waals surface area contributed by atoms with E-state index < -0.39 is 17.7 Å². The van der Waals surface area contributed by atoms with E-state index in [4.69, 9.17) is 5.73 Å². The van der Waals surface area contributed by atoms with Crippen LogP contribution in [0.2, 0.25) is 0 Å². The van der Waals surface area contributed by atoms with Crippen molar-refractivity contribution in [2.45, 2.75) is 12.5 Å². The quantitative estimate of drug-likeness (QED) is 0.885. The van der Waals surface area contributed by atoms with E-state index >= 15 is 0 Å². The minimum atomic E-state index is -0.586. The van der Waals surface area contributed by atoms with Crippen LogP contribution in [0.3, 0.4) is 0 Å². The monoisotopic (exact) mass is 235 g/mol. The number of hydrogen-bond donors (Lipinski definition) is 1. The zero-order valence-electron chi connectivity index (χ0n) is 8.98. The average molecular weight is 235 g/mol. The Bertz CT molecular complexity index is 482. The maximum atomic E-state index is 13.4. The molecule has 0 fully saturated rings. The topological polar surface area (TPSA) is 51.8 Å². The lowest BCUT2D eigenvalue weighted by Gasteiger charge is -2.12. The number of rotatable bonds is 3. The summed E-state index contributed by atoms with van der Waals surface area (Å²) in [6, 6.07) is 3.23. The van der Waals surface area contributed by atoms with Crippen molar-refractivity contribution in [1.82, 2.24) is 9.97 Å². The number of hydrogen-bond acceptors (Lipinski definition) is 3. The molecule has 0 bridgehead atoms. The van der Waals surface area contributed by atoms with Crippen LogP contribution >= 0.6 is 0 Å². The molecule has 2 N–H and O–H groups in total. The summed E-state index contributed by atoms with van der Waals surface area (Å²) in [5.41, 5.74) is 6.49. The summed E-state index contributed by atoms with van der Waals surface area (Å²) in [5.74, 6) is -1.17. The van der Waals surface area contributed by atoms with Crippen LogP contribution in [0.15, 0.2) is 36.9 Å². The van der Waals surface area contributed by atoms with Gasteiger partial charge in [0, 0.05) is 29.6 Å². The highest BCUT2D eigenvalue weighted by atomic mass is 19.1. The molecular formula is C12H11F2N3. The first-order valence-corrected chi connectivity index (χ1v) is 5.12. The molecule has 1 atom stereocenters. The first kappa shape index (κ1) is 11.6. The van der Waals surface area contributed by atoms with Crippen molar-refractivity contribution in [3.8, 4) is 0 Å². The van der Waals surface area contributed by atoms with Crippen molar-refractivity contribution < 1.29 is 8.78 Å². The molecular weight excluding hydrogens is 224 g/mol. The lowest BCUT2D eigenvalue weighted by Crippen LogP contribution is -2.15. The molecule has 0 aliphatic heterocycles. The van der Waals surface area contributed by atoms with Crippen LogP contribution in [-0.2, 0) is 6.42 Å². The third-order valence-corrected chi connectivity index (χ3v) is 2.49. The smallest absolute Gasteiger partial charge is 0.129 e. The van der Waals surface area contributed by atoms with Gasteiger partial charge in [0.25, 0.3) is 0 Å². The minimum absolute atomic E-state index is 0.0103. The molecule has 2 rings (SSSR count). The summed E-state index contributed by atoms with van der Waals surface area (Å²) in [6.45, 7) is 0. The van der Waals surface area contributed by atoms with Gasteiger partial charge in [-0.3, -0.25) is 0 Å². The number of nitrogens with zero attached hydrogens (tertiary/aromatic N) is 2. The van der Waals surface area contributed by atoms with Gasteiger partial charge >= 0.3 is 0 Å². The van der Waals surface area contributed by atoms with E-state index in [1.165, 1.54) is 36.9 Å². The maximum Gasteiger partial charge on any atom is 0.129 e. The molecule has 0 spiro atoms. The molecule has 0 aliphatic rings. The maximum absolute atomic E-state index is 13.4. The van der Waals surface area contributed by atoms with Gasteiger partial charge in [0.2, 0.25) is 0 Å². The van der Waals surface area contributed by atoms with Crippen molar-refractivity contribution >= 4 is 0 Å². The van der Waals surface area contributed by atoms with E-state index in [1.807, 2.05) is 0 Å². The fourth-order valence-electron chi connectivity index (χ4n) is 1.57. The molecule has 17 heavy (non-hydrogen) atoms. The molecule has 0 amide bonds. The van der Waals surface area contributed by atoms with Crippen LogP contribution in [0.5, 0.6) is 0 Å². The molecule has 0 aliphatic carbocycles. The van der Waals surface area contributed by atoms with E-state index in [0.29, 0.717) is 5.56 Å². The van der Waals surface area contributed by atoms with Gasteiger partial charge in [-0.2, -0.15) is 0 Å². The third-order valence-electron chi connectivity index (χ3n) is 2.49. The lowest BCUT2D eigenvalue weighted by atomic mass is 10.0. The SMILES string of the molecule is NC(Cc1c(F)cccc1F)c1cncnc1. The molecule has 1 aromatic carbocycles. The second kappa shape index (κ2) is 4.97. The van der Waals surface area contributed by atoms with Gasteiger partial charge in [0.1, 0.15) is 18.0 Å². The molecule has 0 saturated carbocycles. The highest BCUT2D eigenvalue weighted by Crippen LogP contribution is 2.19. The van der Waals surface area contributed by atoms with Gasteiger partial charge in [-0.15, -0.1) is 0 Å². The summed E-state index contributed by atoms with van der Waals surface area (Å²) in [7, 11) is 0. The van der Waals surface area contributed by atoms with E-state index in [1.54, 1.807) is 0 Å². The van der Waals surface area contributed by atoms with Crippen LogP contribution in [0, 0.1) is 11.6 Å². The Morgan fingerprint density at radius 3 is 2.29 bits per heavy atom. The van der Waals surface area contributed by atoms with Crippen molar-refractivity contribution in [3.05, 3.63) is 59.7 Å². The van der Waals surface area contributed by atoms with Crippen LogP contribution in [-0.4, -0.2) is 9.97 Å². The van der Waals surface area contributed by atoms with Crippen molar-refractivity contribution in [3.63, 3.8) is 0 Å². The van der Waals surface area contributed by atoms with Crippen LogP contribution in [0.25, 0.3) is 0 Å². The van der Waals surface area contributed by atoms with Gasteiger partial charge in [0.15, 0.2) is 0 Å². The fraction of sp³-hybridized carbons (Fsp3) is 0.167. The van der Waals surface area contributed by atoms with Gasteiger partial charge in [0.05, 0.1) is 0 Å². The largest absolute Gasteiger partial charge is 0.324 e. The summed E-state index contributed by atoms with van der Waals surface area (Å²) < 4.78 is 26.8. The summed E-state index contributed by atoms with van der Waals surface area (Å²) in [4.78, 5) is 7.63. The third kappa shape index (κ3) is 2.62. The highest BCUT2D eigenvalue weighted by Gasteiger charge is 2.14. The predicted molar refractivity (Wildman–Crippen MR) is 59.0 cm³/mol. The normalized spacial score (nSPS) is 12.4. The van der Waals surface area contributed by atoms with E-state index in [9.17, 15) is 8.78 Å². The molecule has 1 unspecified atom stereocenters. The van der Waals surface area contributed by atoms with Gasteiger partial charge in [-0.25, -0.2) is 18.7 Å². The molecule has 3 nitrogen and oxygen atoms in total. The van der Waals surface area contributed by atoms with Gasteiger partial charge in [-0.1, -0.05) is 6.07 Å². The summed E-state index contributed by atoms with van der Waals surface area (Å²) in [5, 5.41) is 0.